The molecule has 108 valence electrons. The lowest BCUT2D eigenvalue weighted by Gasteiger charge is -2.04. The molecule has 0 saturated heterocycles. The van der Waals surface area contributed by atoms with Crippen LogP contribution in [0.1, 0.15) is 9.88 Å². The summed E-state index contributed by atoms with van der Waals surface area (Å²) in [5.41, 5.74) is 0. The largest absolute Gasteiger partial charge is 0.483 e. The van der Waals surface area contributed by atoms with Crippen LogP contribution in [0, 0.1) is 5.82 Å². The van der Waals surface area contributed by atoms with Gasteiger partial charge in [0.25, 0.3) is 0 Å². The van der Waals surface area contributed by atoms with Crippen molar-refractivity contribution in [2.45, 2.75) is 13.2 Å². The Balaban J connectivity index is 1.79. The summed E-state index contributed by atoms with van der Waals surface area (Å²) in [7, 11) is 1.67. The van der Waals surface area contributed by atoms with Crippen molar-refractivity contribution >= 4 is 11.3 Å². The molecule has 1 N–H and O–H groups in total. The third kappa shape index (κ3) is 4.56. The lowest BCUT2D eigenvalue weighted by Crippen LogP contribution is -2.17. The number of nitrogens with zero attached hydrogens (tertiary/aromatic N) is 1. The van der Waals surface area contributed by atoms with Gasteiger partial charge in [-0.1, -0.05) is 12.1 Å². The molecule has 0 aliphatic carbocycles. The molecule has 4 nitrogen and oxygen atoms in total. The summed E-state index contributed by atoms with van der Waals surface area (Å²) in [6, 6.07) is 6.36. The molecule has 0 spiro atoms. The molecule has 2 rings (SSSR count). The van der Waals surface area contributed by atoms with E-state index in [2.05, 4.69) is 10.3 Å². The van der Waals surface area contributed by atoms with E-state index < -0.39 is 0 Å². The standard InChI is InChI=1S/C14H17FN2O2S/c1-18-7-6-16-8-11-9-17-14(20-11)10-19-13-5-3-2-4-12(13)15/h2-5,9,16H,6-8,10H2,1H3. The fraction of sp³-hybridized carbons (Fsp3) is 0.357. The van der Waals surface area contributed by atoms with Gasteiger partial charge in [-0.2, -0.15) is 0 Å². The third-order valence-corrected chi connectivity index (χ3v) is 3.54. The molecule has 1 aromatic heterocycles. The molecule has 0 aliphatic rings. The highest BCUT2D eigenvalue weighted by atomic mass is 32.1. The second kappa shape index (κ2) is 7.94. The number of aromatic nitrogens is 1. The maximum Gasteiger partial charge on any atom is 0.165 e. The Morgan fingerprint density at radius 2 is 2.20 bits per heavy atom. The maximum atomic E-state index is 13.4. The highest BCUT2D eigenvalue weighted by molar-refractivity contribution is 7.11. The number of thiazole rings is 1. The summed E-state index contributed by atoms with van der Waals surface area (Å²) in [5, 5.41) is 4.07. The third-order valence-electron chi connectivity index (χ3n) is 2.57. The van der Waals surface area contributed by atoms with E-state index in [4.69, 9.17) is 9.47 Å². The van der Waals surface area contributed by atoms with Crippen LogP contribution in [0.2, 0.25) is 0 Å². The van der Waals surface area contributed by atoms with Crippen molar-refractivity contribution in [3.8, 4) is 5.75 Å². The first-order chi connectivity index (χ1) is 9.79. The van der Waals surface area contributed by atoms with Gasteiger partial charge in [0.1, 0.15) is 11.6 Å². The fourth-order valence-corrected chi connectivity index (χ4v) is 2.39. The first-order valence-electron chi connectivity index (χ1n) is 6.30. The number of hydrogen-bond acceptors (Lipinski definition) is 5. The van der Waals surface area contributed by atoms with Gasteiger partial charge in [0, 0.05) is 31.3 Å². The van der Waals surface area contributed by atoms with Crippen molar-refractivity contribution in [3.05, 3.63) is 46.2 Å². The van der Waals surface area contributed by atoms with E-state index in [0.29, 0.717) is 6.61 Å². The van der Waals surface area contributed by atoms with Crippen molar-refractivity contribution in [1.82, 2.24) is 10.3 Å². The summed E-state index contributed by atoms with van der Waals surface area (Å²) in [4.78, 5) is 5.38. The van der Waals surface area contributed by atoms with Gasteiger partial charge in [-0.25, -0.2) is 9.37 Å². The van der Waals surface area contributed by atoms with E-state index in [1.807, 2.05) is 6.20 Å². The van der Waals surface area contributed by atoms with E-state index in [-0.39, 0.29) is 18.2 Å². The predicted octanol–water partition coefficient (Wildman–Crippen LogP) is 2.60. The topological polar surface area (TPSA) is 43.4 Å². The number of methoxy groups -OCH3 is 1. The van der Waals surface area contributed by atoms with Crippen LogP contribution in [-0.2, 0) is 17.9 Å². The van der Waals surface area contributed by atoms with Crippen molar-refractivity contribution in [3.63, 3.8) is 0 Å². The van der Waals surface area contributed by atoms with Gasteiger partial charge in [-0.3, -0.25) is 0 Å². The molecule has 2 aromatic rings. The van der Waals surface area contributed by atoms with Gasteiger partial charge >= 0.3 is 0 Å². The second-order valence-corrected chi connectivity index (χ2v) is 5.31. The van der Waals surface area contributed by atoms with Crippen LogP contribution in [-0.4, -0.2) is 25.2 Å². The van der Waals surface area contributed by atoms with E-state index in [0.717, 1.165) is 23.0 Å². The molecular weight excluding hydrogens is 279 g/mol. The first-order valence-corrected chi connectivity index (χ1v) is 7.12. The highest BCUT2D eigenvalue weighted by Crippen LogP contribution is 2.19. The van der Waals surface area contributed by atoms with Gasteiger partial charge in [-0.05, 0) is 12.1 Å². The van der Waals surface area contributed by atoms with Crippen molar-refractivity contribution in [1.29, 1.82) is 0 Å². The molecule has 20 heavy (non-hydrogen) atoms. The van der Waals surface area contributed by atoms with Gasteiger partial charge in [0.05, 0.1) is 6.61 Å². The molecule has 0 fully saturated rings. The fourth-order valence-electron chi connectivity index (χ4n) is 1.58. The van der Waals surface area contributed by atoms with Crippen LogP contribution in [0.25, 0.3) is 0 Å². The van der Waals surface area contributed by atoms with Gasteiger partial charge in [0.2, 0.25) is 0 Å². The average Bonchev–Trinajstić information content (AvgIpc) is 2.91. The number of rotatable bonds is 8. The lowest BCUT2D eigenvalue weighted by molar-refractivity contribution is 0.199. The Bertz CT molecular complexity index is 533. The SMILES string of the molecule is COCCNCc1cnc(COc2ccccc2F)s1. The Morgan fingerprint density at radius 1 is 1.35 bits per heavy atom. The normalized spacial score (nSPS) is 10.7. The van der Waals surface area contributed by atoms with Crippen LogP contribution in [0.3, 0.4) is 0 Å². The minimum Gasteiger partial charge on any atom is -0.483 e. The summed E-state index contributed by atoms with van der Waals surface area (Å²) in [6.45, 7) is 2.52. The zero-order valence-electron chi connectivity index (χ0n) is 11.3. The second-order valence-electron chi connectivity index (χ2n) is 4.11. The maximum absolute atomic E-state index is 13.4. The van der Waals surface area contributed by atoms with Crippen molar-refractivity contribution in [2.24, 2.45) is 0 Å². The van der Waals surface area contributed by atoms with Crippen molar-refractivity contribution in [2.75, 3.05) is 20.3 Å². The molecule has 0 atom stereocenters. The molecule has 0 saturated carbocycles. The van der Waals surface area contributed by atoms with E-state index in [9.17, 15) is 4.39 Å². The van der Waals surface area contributed by atoms with Crippen LogP contribution in [0.4, 0.5) is 4.39 Å². The van der Waals surface area contributed by atoms with E-state index in [1.54, 1.807) is 36.6 Å². The molecule has 0 radical (unpaired) electrons. The number of benzene rings is 1. The van der Waals surface area contributed by atoms with Crippen LogP contribution in [0.5, 0.6) is 5.75 Å². The van der Waals surface area contributed by atoms with Gasteiger partial charge in [-0.15, -0.1) is 11.3 Å². The quantitative estimate of drug-likeness (QED) is 0.760. The zero-order valence-corrected chi connectivity index (χ0v) is 12.1. The summed E-state index contributed by atoms with van der Waals surface area (Å²) >= 11 is 1.55. The van der Waals surface area contributed by atoms with Crippen LogP contribution in [0.15, 0.2) is 30.5 Å². The monoisotopic (exact) mass is 296 g/mol. The predicted molar refractivity (Wildman–Crippen MR) is 76.4 cm³/mol. The lowest BCUT2D eigenvalue weighted by atomic mass is 10.3. The summed E-state index contributed by atoms with van der Waals surface area (Å²) < 4.78 is 23.7. The highest BCUT2D eigenvalue weighted by Gasteiger charge is 2.05. The summed E-state index contributed by atoms with van der Waals surface area (Å²) in [6.07, 6.45) is 1.81. The number of halogens is 1. The number of hydrogen-bond donors (Lipinski definition) is 1. The molecule has 0 amide bonds. The molecule has 1 heterocycles. The van der Waals surface area contributed by atoms with E-state index >= 15 is 0 Å². The Morgan fingerprint density at radius 3 is 3.00 bits per heavy atom. The van der Waals surface area contributed by atoms with Gasteiger partial charge in [0.15, 0.2) is 11.6 Å². The molecule has 0 aliphatic heterocycles. The van der Waals surface area contributed by atoms with Crippen molar-refractivity contribution < 1.29 is 13.9 Å². The molecule has 1 aromatic carbocycles. The summed E-state index contributed by atoms with van der Waals surface area (Å²) in [5.74, 6) is -0.104. The Labute approximate surface area is 121 Å². The minimum atomic E-state index is -0.356. The smallest absolute Gasteiger partial charge is 0.165 e. The molecule has 6 heteroatoms. The van der Waals surface area contributed by atoms with Crippen LogP contribution < -0.4 is 10.1 Å². The minimum absolute atomic E-state index is 0.252. The van der Waals surface area contributed by atoms with Gasteiger partial charge < -0.3 is 14.8 Å². The van der Waals surface area contributed by atoms with E-state index in [1.165, 1.54) is 6.07 Å². The molecule has 0 unspecified atom stereocenters. The number of ether oxygens (including phenoxy) is 2. The number of nitrogens with one attached hydrogen (secondary N) is 1. The zero-order chi connectivity index (χ0) is 14.2. The average molecular weight is 296 g/mol. The Hall–Kier alpha value is -1.50. The first kappa shape index (κ1) is 14.9. The Kier molecular flexibility index (Phi) is 5.91. The number of para-hydroxylation sites is 1. The molecular formula is C14H17FN2O2S. The molecule has 0 bridgehead atoms. The van der Waals surface area contributed by atoms with Crippen LogP contribution >= 0.6 is 11.3 Å².